The molecule has 0 radical (unpaired) electrons. The van der Waals surface area contributed by atoms with Crippen LogP contribution in [0.5, 0.6) is 0 Å². The van der Waals surface area contributed by atoms with Crippen molar-refractivity contribution in [1.82, 2.24) is 10.5 Å². The van der Waals surface area contributed by atoms with Gasteiger partial charge in [0.05, 0.1) is 5.69 Å². The Morgan fingerprint density at radius 2 is 2.42 bits per heavy atom. The van der Waals surface area contributed by atoms with E-state index < -0.39 is 0 Å². The van der Waals surface area contributed by atoms with Gasteiger partial charge in [-0.15, -0.1) is 35.3 Å². The first kappa shape index (κ1) is 16.0. The summed E-state index contributed by atoms with van der Waals surface area (Å²) in [6.45, 7) is 3.07. The van der Waals surface area contributed by atoms with Crippen molar-refractivity contribution in [2.24, 2.45) is 10.7 Å². The second-order valence-electron chi connectivity index (χ2n) is 3.89. The Morgan fingerprint density at radius 3 is 3.05 bits per heavy atom. The molecule has 2 aromatic heterocycles. The minimum absolute atomic E-state index is 0. The second kappa shape index (κ2) is 8.16. The van der Waals surface area contributed by atoms with E-state index in [0.29, 0.717) is 12.5 Å². The number of aliphatic imine (C=N–C) groups is 1. The van der Waals surface area contributed by atoms with E-state index in [0.717, 1.165) is 24.4 Å². The highest BCUT2D eigenvalue weighted by molar-refractivity contribution is 14.0. The van der Waals surface area contributed by atoms with Crippen molar-refractivity contribution in [2.75, 3.05) is 6.54 Å². The lowest BCUT2D eigenvalue weighted by atomic mass is 10.3. The maximum Gasteiger partial charge on any atom is 0.189 e. The number of aromatic nitrogens is 1. The van der Waals surface area contributed by atoms with Crippen LogP contribution in [0.1, 0.15) is 16.3 Å². The van der Waals surface area contributed by atoms with Crippen LogP contribution in [0.3, 0.4) is 0 Å². The Balaban J connectivity index is 0.00000180. The van der Waals surface area contributed by atoms with Gasteiger partial charge >= 0.3 is 0 Å². The number of hydrogen-bond acceptors (Lipinski definition) is 4. The second-order valence-corrected chi connectivity index (χ2v) is 4.92. The molecule has 2 aromatic rings. The summed E-state index contributed by atoms with van der Waals surface area (Å²) in [5, 5.41) is 8.93. The van der Waals surface area contributed by atoms with E-state index in [4.69, 9.17) is 10.3 Å². The van der Waals surface area contributed by atoms with Crippen LogP contribution in [0.4, 0.5) is 0 Å². The third kappa shape index (κ3) is 5.60. The van der Waals surface area contributed by atoms with E-state index in [-0.39, 0.29) is 24.0 Å². The Kier molecular flexibility index (Phi) is 6.85. The van der Waals surface area contributed by atoms with Crippen LogP contribution in [0.25, 0.3) is 0 Å². The van der Waals surface area contributed by atoms with Gasteiger partial charge < -0.3 is 15.6 Å². The molecule has 0 aliphatic carbocycles. The van der Waals surface area contributed by atoms with Gasteiger partial charge in [-0.05, 0) is 24.8 Å². The predicted octanol–water partition coefficient (Wildman–Crippen LogP) is 2.31. The Labute approximate surface area is 133 Å². The van der Waals surface area contributed by atoms with Gasteiger partial charge in [-0.1, -0.05) is 11.2 Å². The molecular formula is C12H17IN4OS. The fourth-order valence-corrected chi connectivity index (χ4v) is 2.19. The van der Waals surface area contributed by atoms with Crippen molar-refractivity contribution in [3.63, 3.8) is 0 Å². The highest BCUT2D eigenvalue weighted by Gasteiger charge is 1.99. The SMILES string of the molecule is Cc1cc(CN=C(N)NCCc2cccs2)on1.I. The minimum Gasteiger partial charge on any atom is -0.370 e. The van der Waals surface area contributed by atoms with Gasteiger partial charge in [0.2, 0.25) is 0 Å². The summed E-state index contributed by atoms with van der Waals surface area (Å²) in [6, 6.07) is 6.00. The summed E-state index contributed by atoms with van der Waals surface area (Å²) in [4.78, 5) is 5.51. The number of nitrogens with two attached hydrogens (primary N) is 1. The topological polar surface area (TPSA) is 76.4 Å². The molecule has 3 N–H and O–H groups in total. The van der Waals surface area contributed by atoms with Gasteiger partial charge in [-0.2, -0.15) is 0 Å². The van der Waals surface area contributed by atoms with Crippen molar-refractivity contribution in [2.45, 2.75) is 19.9 Å². The van der Waals surface area contributed by atoms with E-state index in [9.17, 15) is 0 Å². The maximum absolute atomic E-state index is 5.75. The summed E-state index contributed by atoms with van der Waals surface area (Å²) in [6.07, 6.45) is 0.954. The number of nitrogens with zero attached hydrogens (tertiary/aromatic N) is 2. The zero-order valence-electron chi connectivity index (χ0n) is 10.6. The molecule has 0 aliphatic rings. The fraction of sp³-hybridized carbons (Fsp3) is 0.333. The highest BCUT2D eigenvalue weighted by Crippen LogP contribution is 2.08. The summed E-state index contributed by atoms with van der Waals surface area (Å²) in [7, 11) is 0. The molecule has 2 rings (SSSR count). The number of guanidine groups is 1. The Morgan fingerprint density at radius 1 is 1.58 bits per heavy atom. The predicted molar refractivity (Wildman–Crippen MR) is 88.0 cm³/mol. The lowest BCUT2D eigenvalue weighted by molar-refractivity contribution is 0.381. The van der Waals surface area contributed by atoms with Crippen LogP contribution in [-0.2, 0) is 13.0 Å². The van der Waals surface area contributed by atoms with Gasteiger partial charge in [0.1, 0.15) is 6.54 Å². The normalized spacial score (nSPS) is 11.1. The molecule has 2 heterocycles. The number of nitrogens with one attached hydrogen (secondary N) is 1. The van der Waals surface area contributed by atoms with E-state index >= 15 is 0 Å². The molecule has 0 bridgehead atoms. The van der Waals surface area contributed by atoms with Crippen molar-refractivity contribution in [3.8, 4) is 0 Å². The van der Waals surface area contributed by atoms with Crippen molar-refractivity contribution in [1.29, 1.82) is 0 Å². The zero-order chi connectivity index (χ0) is 12.8. The lowest BCUT2D eigenvalue weighted by Gasteiger charge is -2.03. The third-order valence-corrected chi connectivity index (χ3v) is 3.28. The van der Waals surface area contributed by atoms with Crippen molar-refractivity contribution in [3.05, 3.63) is 39.9 Å². The Bertz CT molecular complexity index is 510. The average molecular weight is 392 g/mol. The number of rotatable bonds is 5. The van der Waals surface area contributed by atoms with Crippen LogP contribution in [-0.4, -0.2) is 17.7 Å². The van der Waals surface area contributed by atoms with Crippen molar-refractivity contribution < 1.29 is 4.52 Å². The molecule has 0 spiro atoms. The zero-order valence-corrected chi connectivity index (χ0v) is 13.8. The molecule has 0 saturated carbocycles. The molecule has 0 aromatic carbocycles. The van der Waals surface area contributed by atoms with E-state index in [1.165, 1.54) is 4.88 Å². The quantitative estimate of drug-likeness (QED) is 0.465. The molecule has 19 heavy (non-hydrogen) atoms. The fourth-order valence-electron chi connectivity index (χ4n) is 1.48. The summed E-state index contributed by atoms with van der Waals surface area (Å²) in [5.74, 6) is 1.15. The number of hydrogen-bond donors (Lipinski definition) is 2. The van der Waals surface area contributed by atoms with Gasteiger partial charge in [0.15, 0.2) is 11.7 Å². The number of thiophene rings is 1. The van der Waals surface area contributed by atoms with Crippen molar-refractivity contribution >= 4 is 41.3 Å². The summed E-state index contributed by atoms with van der Waals surface area (Å²) in [5.41, 5.74) is 6.60. The summed E-state index contributed by atoms with van der Waals surface area (Å²) < 4.78 is 5.04. The van der Waals surface area contributed by atoms with Gasteiger partial charge in [0.25, 0.3) is 0 Å². The molecule has 0 saturated heterocycles. The number of halogens is 1. The molecule has 104 valence electrons. The van der Waals surface area contributed by atoms with Gasteiger partial charge in [-0.25, -0.2) is 4.99 Å². The van der Waals surface area contributed by atoms with E-state index in [1.807, 2.05) is 19.1 Å². The number of aryl methyl sites for hydroxylation is 1. The molecule has 0 amide bonds. The van der Waals surface area contributed by atoms with E-state index in [1.54, 1.807) is 11.3 Å². The molecule has 0 fully saturated rings. The first-order valence-corrected chi connectivity index (χ1v) is 6.60. The van der Waals surface area contributed by atoms with Gasteiger partial charge in [-0.3, -0.25) is 0 Å². The molecule has 0 unspecified atom stereocenters. The maximum atomic E-state index is 5.75. The largest absolute Gasteiger partial charge is 0.370 e. The highest BCUT2D eigenvalue weighted by atomic mass is 127. The first-order chi connectivity index (χ1) is 8.74. The van der Waals surface area contributed by atoms with Crippen LogP contribution >= 0.6 is 35.3 Å². The lowest BCUT2D eigenvalue weighted by Crippen LogP contribution is -2.33. The first-order valence-electron chi connectivity index (χ1n) is 5.72. The standard InChI is InChI=1S/C12H16N4OS.HI/c1-9-7-10(17-16-9)8-15-12(13)14-5-4-11-3-2-6-18-11;/h2-3,6-7H,4-5,8H2,1H3,(H3,13,14,15);1H. The summed E-state index contributed by atoms with van der Waals surface area (Å²) >= 11 is 1.74. The van der Waals surface area contributed by atoms with Crippen LogP contribution in [0, 0.1) is 6.92 Å². The van der Waals surface area contributed by atoms with Crippen LogP contribution in [0.15, 0.2) is 33.1 Å². The molecular weight excluding hydrogens is 375 g/mol. The molecule has 5 nitrogen and oxygen atoms in total. The average Bonchev–Trinajstić information content (AvgIpc) is 2.98. The third-order valence-electron chi connectivity index (χ3n) is 2.34. The molecule has 0 atom stereocenters. The smallest absolute Gasteiger partial charge is 0.189 e. The minimum atomic E-state index is 0. The van der Waals surface area contributed by atoms with Crippen LogP contribution in [0.2, 0.25) is 0 Å². The molecule has 7 heteroatoms. The Hall–Kier alpha value is -1.09. The monoisotopic (exact) mass is 392 g/mol. The van der Waals surface area contributed by atoms with E-state index in [2.05, 4.69) is 26.9 Å². The van der Waals surface area contributed by atoms with Crippen LogP contribution < -0.4 is 11.1 Å². The van der Waals surface area contributed by atoms with Gasteiger partial charge in [0, 0.05) is 17.5 Å². The molecule has 0 aliphatic heterocycles.